The highest BCUT2D eigenvalue weighted by Crippen LogP contribution is 2.43. The molecule has 0 aromatic heterocycles. The summed E-state index contributed by atoms with van der Waals surface area (Å²) in [7, 11) is 0. The molecule has 4 rings (SSSR count). The molecule has 7 nitrogen and oxygen atoms in total. The van der Waals surface area contributed by atoms with Crippen molar-refractivity contribution in [2.24, 2.45) is 0 Å². The first-order chi connectivity index (χ1) is 17.5. The fraction of sp³-hybridized carbons (Fsp3) is 0.500. The number of ether oxygens (including phenoxy) is 1. The lowest BCUT2D eigenvalue weighted by atomic mass is 9.84. The van der Waals surface area contributed by atoms with Gasteiger partial charge in [0.2, 0.25) is 11.8 Å². The molecule has 0 bridgehead atoms. The van der Waals surface area contributed by atoms with Crippen molar-refractivity contribution >= 4 is 23.4 Å². The molecule has 3 heterocycles. The zero-order valence-corrected chi connectivity index (χ0v) is 21.5. The number of carbonyl (C=O) groups is 2. The maximum Gasteiger partial charge on any atom is 0.244 e. The van der Waals surface area contributed by atoms with Gasteiger partial charge in [0.15, 0.2) is 0 Å². The van der Waals surface area contributed by atoms with Crippen LogP contribution in [0.15, 0.2) is 60.7 Å². The van der Waals surface area contributed by atoms with Crippen molar-refractivity contribution < 1.29 is 19.4 Å². The number of amides is 2. The number of nitrogens with zero attached hydrogens (tertiary/aromatic N) is 2. The summed E-state index contributed by atoms with van der Waals surface area (Å²) < 4.78 is 6.22. The van der Waals surface area contributed by atoms with Gasteiger partial charge >= 0.3 is 0 Å². The Morgan fingerprint density at radius 3 is 2.78 bits per heavy atom. The number of alkyl halides is 1. The van der Waals surface area contributed by atoms with Crippen LogP contribution in [-0.2, 0) is 26.5 Å². The largest absolute Gasteiger partial charge is 0.394 e. The van der Waals surface area contributed by atoms with Crippen LogP contribution in [0.2, 0.25) is 0 Å². The Hall–Kier alpha value is -2.45. The van der Waals surface area contributed by atoms with Gasteiger partial charge in [0, 0.05) is 25.5 Å². The number of rotatable bonds is 9. The van der Waals surface area contributed by atoms with E-state index < -0.39 is 6.04 Å². The van der Waals surface area contributed by atoms with Gasteiger partial charge in [0.1, 0.15) is 6.04 Å². The molecule has 2 fully saturated rings. The normalized spacial score (nSPS) is 22.3. The summed E-state index contributed by atoms with van der Waals surface area (Å²) in [6.07, 6.45) is 10.1. The predicted molar refractivity (Wildman–Crippen MR) is 140 cm³/mol. The van der Waals surface area contributed by atoms with Gasteiger partial charge in [0.05, 0.1) is 31.4 Å². The van der Waals surface area contributed by atoms with Crippen LogP contribution < -0.4 is 5.32 Å². The Morgan fingerprint density at radius 2 is 2.06 bits per heavy atom. The topological polar surface area (TPSA) is 82.1 Å². The molecule has 1 unspecified atom stereocenters. The standard InChI is InChI=1S/C28H36ClN3O4/c1-2-7-21(9-5-14-29)26(27(35)32-15-6-10-23(32)19-33)30-18-25(34)31-16-12-28(13-17-31)24-11-4-3-8-22(24)20-36-28/h2-5,7-9,11,23,26,30,33H,1,6,10,12-20H2/b9-5-,21-7+/t23-,26?/m1/s1. The van der Waals surface area contributed by atoms with Gasteiger partial charge in [-0.2, -0.15) is 0 Å². The summed E-state index contributed by atoms with van der Waals surface area (Å²) in [5, 5.41) is 12.9. The minimum atomic E-state index is -0.736. The number of piperidine rings is 1. The number of aliphatic hydroxyl groups is 1. The monoisotopic (exact) mass is 513 g/mol. The number of halogens is 1. The number of benzene rings is 1. The van der Waals surface area contributed by atoms with E-state index in [0.29, 0.717) is 37.7 Å². The Kier molecular flexibility index (Phi) is 9.01. The van der Waals surface area contributed by atoms with E-state index in [-0.39, 0.29) is 36.6 Å². The second-order valence-corrected chi connectivity index (χ2v) is 9.91. The van der Waals surface area contributed by atoms with E-state index in [0.717, 1.165) is 25.7 Å². The SMILES string of the molecule is C=C/C=C(\C=C/CCl)C(NCC(=O)N1CCC2(CC1)OCc1ccccc12)C(=O)N1CCC[C@@H]1CO. The average molecular weight is 514 g/mol. The third-order valence-electron chi connectivity index (χ3n) is 7.55. The lowest BCUT2D eigenvalue weighted by molar-refractivity contribution is -0.138. The zero-order chi connectivity index (χ0) is 25.5. The third-order valence-corrected chi connectivity index (χ3v) is 7.73. The highest BCUT2D eigenvalue weighted by molar-refractivity contribution is 6.18. The van der Waals surface area contributed by atoms with E-state index in [4.69, 9.17) is 16.3 Å². The minimum Gasteiger partial charge on any atom is -0.394 e. The number of hydrogen-bond donors (Lipinski definition) is 2. The van der Waals surface area contributed by atoms with Crippen LogP contribution in [0.5, 0.6) is 0 Å². The van der Waals surface area contributed by atoms with Gasteiger partial charge in [-0.1, -0.05) is 55.1 Å². The molecule has 1 aromatic rings. The second-order valence-electron chi connectivity index (χ2n) is 9.60. The van der Waals surface area contributed by atoms with E-state index in [1.165, 1.54) is 11.1 Å². The summed E-state index contributed by atoms with van der Waals surface area (Å²) in [5.41, 5.74) is 2.85. The Bertz CT molecular complexity index is 1020. The van der Waals surface area contributed by atoms with Crippen LogP contribution in [0.25, 0.3) is 0 Å². The van der Waals surface area contributed by atoms with E-state index in [1.807, 2.05) is 17.0 Å². The maximum absolute atomic E-state index is 13.5. The average Bonchev–Trinajstić information content (AvgIpc) is 3.53. The molecule has 0 radical (unpaired) electrons. The van der Waals surface area contributed by atoms with Gasteiger partial charge in [-0.25, -0.2) is 0 Å². The first-order valence-corrected chi connectivity index (χ1v) is 13.3. The number of fused-ring (bicyclic) bond motifs is 2. The summed E-state index contributed by atoms with van der Waals surface area (Å²) in [5.74, 6) is 0.103. The van der Waals surface area contributed by atoms with Crippen LogP contribution in [0.4, 0.5) is 0 Å². The lowest BCUT2D eigenvalue weighted by Gasteiger charge is -2.39. The van der Waals surface area contributed by atoms with Gasteiger partial charge in [-0.15, -0.1) is 11.6 Å². The Balaban J connectivity index is 1.42. The quantitative estimate of drug-likeness (QED) is 0.392. The first-order valence-electron chi connectivity index (χ1n) is 12.7. The molecule has 3 aliphatic heterocycles. The lowest BCUT2D eigenvalue weighted by Crippen LogP contribution is -2.53. The highest BCUT2D eigenvalue weighted by atomic mass is 35.5. The number of hydrogen-bond acceptors (Lipinski definition) is 5. The molecule has 8 heteroatoms. The molecule has 36 heavy (non-hydrogen) atoms. The Morgan fingerprint density at radius 1 is 1.28 bits per heavy atom. The molecule has 2 amide bonds. The van der Waals surface area contributed by atoms with Crippen molar-refractivity contribution in [1.82, 2.24) is 15.1 Å². The molecular weight excluding hydrogens is 478 g/mol. The summed E-state index contributed by atoms with van der Waals surface area (Å²) in [4.78, 5) is 30.3. The maximum atomic E-state index is 13.5. The van der Waals surface area contributed by atoms with Crippen molar-refractivity contribution in [3.05, 3.63) is 71.8 Å². The predicted octanol–water partition coefficient (Wildman–Crippen LogP) is 2.88. The fourth-order valence-corrected chi connectivity index (χ4v) is 5.70. The van der Waals surface area contributed by atoms with Crippen molar-refractivity contribution in [2.45, 2.75) is 50.0 Å². The van der Waals surface area contributed by atoms with Crippen molar-refractivity contribution in [3.63, 3.8) is 0 Å². The number of likely N-dealkylation sites (tertiary alicyclic amines) is 2. The summed E-state index contributed by atoms with van der Waals surface area (Å²) in [6, 6.07) is 7.38. The fourth-order valence-electron chi connectivity index (χ4n) is 5.61. The Labute approximate surface area is 218 Å². The van der Waals surface area contributed by atoms with Crippen molar-refractivity contribution in [1.29, 1.82) is 0 Å². The van der Waals surface area contributed by atoms with Crippen LogP contribution in [0.3, 0.4) is 0 Å². The first kappa shape index (κ1) is 26.6. The van der Waals surface area contributed by atoms with Gasteiger partial charge in [-0.3, -0.25) is 14.9 Å². The van der Waals surface area contributed by atoms with E-state index in [1.54, 1.807) is 29.2 Å². The van der Waals surface area contributed by atoms with Crippen LogP contribution in [0, 0.1) is 0 Å². The number of carbonyl (C=O) groups excluding carboxylic acids is 2. The smallest absolute Gasteiger partial charge is 0.244 e. The number of nitrogens with one attached hydrogen (secondary N) is 1. The number of allylic oxidation sites excluding steroid dienone is 3. The molecule has 2 atom stereocenters. The molecule has 0 saturated carbocycles. The molecule has 0 aliphatic carbocycles. The van der Waals surface area contributed by atoms with E-state index in [2.05, 4.69) is 24.0 Å². The van der Waals surface area contributed by atoms with Crippen LogP contribution >= 0.6 is 11.6 Å². The summed E-state index contributed by atoms with van der Waals surface area (Å²) in [6.45, 7) is 6.15. The molecule has 194 valence electrons. The highest BCUT2D eigenvalue weighted by Gasteiger charge is 2.43. The molecular formula is C28H36ClN3O4. The minimum absolute atomic E-state index is 0.0294. The van der Waals surface area contributed by atoms with Crippen LogP contribution in [0.1, 0.15) is 36.8 Å². The second kappa shape index (κ2) is 12.2. The number of aliphatic hydroxyl groups excluding tert-OH is 1. The van der Waals surface area contributed by atoms with Gasteiger partial charge in [-0.05, 0) is 42.4 Å². The van der Waals surface area contributed by atoms with Gasteiger partial charge < -0.3 is 19.6 Å². The van der Waals surface area contributed by atoms with Gasteiger partial charge in [0.25, 0.3) is 0 Å². The van der Waals surface area contributed by atoms with Crippen molar-refractivity contribution in [3.8, 4) is 0 Å². The molecule has 1 spiro atoms. The third kappa shape index (κ3) is 5.59. The molecule has 2 saturated heterocycles. The molecule has 3 aliphatic rings. The molecule has 1 aromatic carbocycles. The van der Waals surface area contributed by atoms with Crippen molar-refractivity contribution in [2.75, 3.05) is 38.7 Å². The summed E-state index contributed by atoms with van der Waals surface area (Å²) >= 11 is 5.86. The van der Waals surface area contributed by atoms with E-state index >= 15 is 0 Å². The zero-order valence-electron chi connectivity index (χ0n) is 20.7. The van der Waals surface area contributed by atoms with Crippen LogP contribution in [-0.4, -0.2) is 77.5 Å². The van der Waals surface area contributed by atoms with E-state index in [9.17, 15) is 14.7 Å². The molecule has 2 N–H and O–H groups in total.